The molecule has 5 heteroatoms. The van der Waals surface area contributed by atoms with Gasteiger partial charge in [-0.2, -0.15) is 0 Å². The molecule has 0 aliphatic rings. The predicted molar refractivity (Wildman–Crippen MR) is 199 cm³/mol. The van der Waals surface area contributed by atoms with Crippen LogP contribution in [0.4, 0.5) is 0 Å². The summed E-state index contributed by atoms with van der Waals surface area (Å²) >= 11 is 0. The molecule has 0 spiro atoms. The molecule has 45 heavy (non-hydrogen) atoms. The lowest BCUT2D eigenvalue weighted by atomic mass is 9.91. The van der Waals surface area contributed by atoms with Crippen LogP contribution in [-0.4, -0.2) is 18.1 Å². The number of hydrogen-bond donors (Lipinski definition) is 1. The van der Waals surface area contributed by atoms with Crippen LogP contribution in [0.25, 0.3) is 0 Å². The molecule has 0 radical (unpaired) electrons. The van der Waals surface area contributed by atoms with E-state index in [-0.39, 0.29) is 0 Å². The number of hydrogen-bond acceptors (Lipinski definition) is 3. The highest BCUT2D eigenvalue weighted by Gasteiger charge is 2.21. The Balaban J connectivity index is 3.82. The lowest BCUT2D eigenvalue weighted by Crippen LogP contribution is -2.06. The molecule has 6 unspecified atom stereocenters. The fraction of sp³-hybridized carbons (Fsp3) is 1.00. The van der Waals surface area contributed by atoms with Gasteiger partial charge >= 0.3 is 7.82 Å². The summed E-state index contributed by atoms with van der Waals surface area (Å²) in [7, 11) is -3.95. The van der Waals surface area contributed by atoms with Crippen LogP contribution in [0.3, 0.4) is 0 Å². The van der Waals surface area contributed by atoms with Crippen LogP contribution in [0.1, 0.15) is 198 Å². The molecule has 0 aliphatic carbocycles. The lowest BCUT2D eigenvalue weighted by Gasteiger charge is -2.18. The monoisotopic (exact) mass is 659 g/mol. The third-order valence-electron chi connectivity index (χ3n) is 10.3. The van der Waals surface area contributed by atoms with Gasteiger partial charge in [-0.1, -0.05) is 185 Å². The maximum atomic E-state index is 12.4. The fourth-order valence-corrected chi connectivity index (χ4v) is 7.40. The average molecular weight is 659 g/mol. The van der Waals surface area contributed by atoms with Crippen LogP contribution in [0.2, 0.25) is 0 Å². The van der Waals surface area contributed by atoms with Gasteiger partial charge in [-0.05, 0) is 60.2 Å². The first-order valence-corrected chi connectivity index (χ1v) is 21.3. The summed E-state index contributed by atoms with van der Waals surface area (Å²) < 4.78 is 23.0. The van der Waals surface area contributed by atoms with Crippen molar-refractivity contribution in [1.29, 1.82) is 0 Å². The van der Waals surface area contributed by atoms with Gasteiger partial charge in [-0.15, -0.1) is 0 Å². The highest BCUT2D eigenvalue weighted by Crippen LogP contribution is 2.44. The molecule has 0 saturated heterocycles. The summed E-state index contributed by atoms with van der Waals surface area (Å²) in [4.78, 5) is 10.1. The molecule has 0 fully saturated rings. The van der Waals surface area contributed by atoms with Gasteiger partial charge in [0.1, 0.15) is 0 Å². The van der Waals surface area contributed by atoms with Crippen molar-refractivity contribution in [3.8, 4) is 0 Å². The minimum atomic E-state index is -3.95. The van der Waals surface area contributed by atoms with Crippen molar-refractivity contribution in [3.05, 3.63) is 0 Å². The van der Waals surface area contributed by atoms with Gasteiger partial charge in [0.15, 0.2) is 0 Å². The summed E-state index contributed by atoms with van der Waals surface area (Å²) in [6.07, 6.45) is 25.3. The van der Waals surface area contributed by atoms with Crippen LogP contribution in [0, 0.1) is 47.3 Å². The molecular formula is C40H83O4P. The van der Waals surface area contributed by atoms with Gasteiger partial charge in [0.25, 0.3) is 0 Å². The zero-order valence-electron chi connectivity index (χ0n) is 32.3. The largest absolute Gasteiger partial charge is 0.472 e. The van der Waals surface area contributed by atoms with Crippen LogP contribution in [-0.2, 0) is 13.6 Å². The second-order valence-electron chi connectivity index (χ2n) is 16.7. The van der Waals surface area contributed by atoms with Gasteiger partial charge < -0.3 is 4.89 Å². The van der Waals surface area contributed by atoms with E-state index in [4.69, 9.17) is 9.05 Å². The molecule has 4 nitrogen and oxygen atoms in total. The van der Waals surface area contributed by atoms with Crippen molar-refractivity contribution < 1.29 is 18.5 Å². The molecular weight excluding hydrogens is 575 g/mol. The first kappa shape index (κ1) is 45.1. The topological polar surface area (TPSA) is 55.8 Å². The van der Waals surface area contributed by atoms with E-state index < -0.39 is 7.82 Å². The second-order valence-corrected chi connectivity index (χ2v) is 18.2. The van der Waals surface area contributed by atoms with Crippen LogP contribution in [0.5, 0.6) is 0 Å². The van der Waals surface area contributed by atoms with Crippen molar-refractivity contribution in [2.24, 2.45) is 47.3 Å². The average Bonchev–Trinajstić information content (AvgIpc) is 2.92. The van der Waals surface area contributed by atoms with E-state index in [0.29, 0.717) is 25.0 Å². The molecule has 0 aromatic carbocycles. The first-order valence-electron chi connectivity index (χ1n) is 19.8. The smallest absolute Gasteiger partial charge is 0.302 e. The summed E-state index contributed by atoms with van der Waals surface area (Å²) in [5.74, 6) is 5.96. The molecule has 0 aliphatic heterocycles. The Labute approximate surface area is 284 Å². The van der Waals surface area contributed by atoms with E-state index in [1.54, 1.807) is 0 Å². The minimum Gasteiger partial charge on any atom is -0.302 e. The Bertz CT molecular complexity index is 642. The van der Waals surface area contributed by atoms with E-state index in [2.05, 4.69) is 69.2 Å². The molecule has 0 heterocycles. The summed E-state index contributed by atoms with van der Waals surface area (Å²) in [5, 5.41) is 0. The quantitative estimate of drug-likeness (QED) is 0.0731. The van der Waals surface area contributed by atoms with Gasteiger partial charge in [0, 0.05) is 0 Å². The van der Waals surface area contributed by atoms with Crippen molar-refractivity contribution in [3.63, 3.8) is 0 Å². The molecule has 6 atom stereocenters. The van der Waals surface area contributed by atoms with E-state index >= 15 is 0 Å². The van der Waals surface area contributed by atoms with Crippen molar-refractivity contribution in [2.45, 2.75) is 198 Å². The molecule has 0 rings (SSSR count). The standard InChI is InChI=1S/C40H83O4P/c1-33(2)17-11-19-35(5)21-13-23-37(7)25-15-27-39(9)29-31-43-45(41,42)44-32-30-40(10)28-16-26-38(8)24-14-22-36(6)20-12-18-34(3)4/h33-40H,11-32H2,1-10H3,(H,41,42). The SMILES string of the molecule is CC(C)CCCC(C)CCCC(C)CCCC(C)CCOP(=O)(O)OCCC(C)CCCC(C)CCCC(C)CCCC(C)C. The van der Waals surface area contributed by atoms with Crippen LogP contribution in [0.15, 0.2) is 0 Å². The third-order valence-corrected chi connectivity index (χ3v) is 11.3. The van der Waals surface area contributed by atoms with E-state index in [0.717, 1.165) is 61.2 Å². The first-order chi connectivity index (χ1) is 21.2. The third kappa shape index (κ3) is 31.2. The lowest BCUT2D eigenvalue weighted by molar-refractivity contribution is 0.136. The molecule has 0 aromatic heterocycles. The van der Waals surface area contributed by atoms with E-state index in [1.807, 2.05) is 0 Å². The highest BCUT2D eigenvalue weighted by molar-refractivity contribution is 7.47. The highest BCUT2D eigenvalue weighted by atomic mass is 31.2. The second kappa shape index (κ2) is 28.0. The Morgan fingerprint density at radius 1 is 0.378 bits per heavy atom. The summed E-state index contributed by atoms with van der Waals surface area (Å²) in [6.45, 7) is 24.0. The van der Waals surface area contributed by atoms with Gasteiger partial charge in [0.05, 0.1) is 13.2 Å². The normalized spacial score (nSPS) is 17.7. The van der Waals surface area contributed by atoms with Crippen molar-refractivity contribution in [1.82, 2.24) is 0 Å². The van der Waals surface area contributed by atoms with Crippen molar-refractivity contribution in [2.75, 3.05) is 13.2 Å². The molecule has 0 amide bonds. The number of rotatable bonds is 32. The van der Waals surface area contributed by atoms with Crippen LogP contribution >= 0.6 is 7.82 Å². The zero-order valence-corrected chi connectivity index (χ0v) is 33.2. The Morgan fingerprint density at radius 3 is 0.800 bits per heavy atom. The maximum Gasteiger partial charge on any atom is 0.472 e. The number of phosphoric acid groups is 1. The Kier molecular flexibility index (Phi) is 28.1. The molecule has 1 N–H and O–H groups in total. The summed E-state index contributed by atoms with van der Waals surface area (Å²) in [5.41, 5.74) is 0. The van der Waals surface area contributed by atoms with E-state index in [9.17, 15) is 9.46 Å². The predicted octanol–water partition coefficient (Wildman–Crippen LogP) is 14.1. The number of phosphoric ester groups is 1. The Hall–Kier alpha value is 0.110. The minimum absolute atomic E-state index is 0.295. The van der Waals surface area contributed by atoms with Crippen LogP contribution < -0.4 is 0 Å². The maximum absolute atomic E-state index is 12.4. The summed E-state index contributed by atoms with van der Waals surface area (Å²) in [6, 6.07) is 0. The molecule has 0 bridgehead atoms. The van der Waals surface area contributed by atoms with Gasteiger partial charge in [-0.25, -0.2) is 4.57 Å². The van der Waals surface area contributed by atoms with Crippen molar-refractivity contribution >= 4 is 7.82 Å². The van der Waals surface area contributed by atoms with E-state index in [1.165, 1.54) is 103 Å². The molecule has 0 aromatic rings. The fourth-order valence-electron chi connectivity index (χ4n) is 6.65. The molecule has 0 saturated carbocycles. The van der Waals surface area contributed by atoms with Gasteiger partial charge in [0.2, 0.25) is 0 Å². The Morgan fingerprint density at radius 2 is 0.578 bits per heavy atom. The van der Waals surface area contributed by atoms with Gasteiger partial charge in [-0.3, -0.25) is 9.05 Å². The molecule has 272 valence electrons. The zero-order chi connectivity index (χ0) is 34.1.